The Morgan fingerprint density at radius 2 is 1.57 bits per heavy atom. The van der Waals surface area contributed by atoms with Gasteiger partial charge in [-0.05, 0) is 68.6 Å². The van der Waals surface area contributed by atoms with E-state index in [1.54, 1.807) is 0 Å². The summed E-state index contributed by atoms with van der Waals surface area (Å²) >= 11 is 4.07. The third-order valence-electron chi connectivity index (χ3n) is 7.12. The van der Waals surface area contributed by atoms with Crippen molar-refractivity contribution in [1.82, 2.24) is 5.32 Å². The van der Waals surface area contributed by atoms with Crippen LogP contribution in [0.5, 0.6) is 0 Å². The van der Waals surface area contributed by atoms with Crippen molar-refractivity contribution in [3.8, 4) is 0 Å². The summed E-state index contributed by atoms with van der Waals surface area (Å²) in [5.41, 5.74) is 0.319. The highest BCUT2D eigenvalue weighted by molar-refractivity contribution is 9.10. The summed E-state index contributed by atoms with van der Waals surface area (Å²) in [4.78, 5) is 12.8. The molecule has 2 nitrogen and oxygen atoms in total. The van der Waals surface area contributed by atoms with Crippen molar-refractivity contribution in [2.45, 2.75) is 100 Å². The number of carbonyl (C=O) groups is 1. The first-order valence-electron chi connectivity index (χ1n) is 10.0. The minimum Gasteiger partial charge on any atom is -0.353 e. The number of hydrogen-bond donors (Lipinski definition) is 1. The third kappa shape index (κ3) is 3.65. The molecule has 0 saturated heterocycles. The van der Waals surface area contributed by atoms with E-state index in [0.717, 1.165) is 18.3 Å². The van der Waals surface area contributed by atoms with Gasteiger partial charge in [0.05, 0.1) is 0 Å². The molecule has 5 saturated carbocycles. The summed E-state index contributed by atoms with van der Waals surface area (Å²) in [6.07, 6.45) is 17.9. The lowest BCUT2D eigenvalue weighted by Gasteiger charge is -2.60. The number of amides is 1. The Morgan fingerprint density at radius 3 is 2.17 bits per heavy atom. The highest BCUT2D eigenvalue weighted by atomic mass is 79.9. The number of hydrogen-bond acceptors (Lipinski definition) is 1. The topological polar surface area (TPSA) is 29.1 Å². The van der Waals surface area contributed by atoms with E-state index >= 15 is 0 Å². The van der Waals surface area contributed by atoms with Crippen LogP contribution in [-0.2, 0) is 4.79 Å². The largest absolute Gasteiger partial charge is 0.353 e. The van der Waals surface area contributed by atoms with E-state index < -0.39 is 0 Å². The molecule has 0 radical (unpaired) electrons. The molecule has 3 heteroatoms. The van der Waals surface area contributed by atoms with E-state index in [1.165, 1.54) is 83.5 Å². The third-order valence-corrected chi connectivity index (χ3v) is 8.04. The lowest BCUT2D eigenvalue weighted by Crippen LogP contribution is -2.54. The molecule has 5 rings (SSSR count). The quantitative estimate of drug-likeness (QED) is 0.656. The van der Waals surface area contributed by atoms with E-state index in [-0.39, 0.29) is 0 Å². The predicted octanol–water partition coefficient (Wildman–Crippen LogP) is 5.34. The highest BCUT2D eigenvalue weighted by Crippen LogP contribution is 2.65. The van der Waals surface area contributed by atoms with Gasteiger partial charge in [-0.1, -0.05) is 48.0 Å². The van der Waals surface area contributed by atoms with E-state index in [0.29, 0.717) is 21.7 Å². The minimum atomic E-state index is 0.319. The second-order valence-electron chi connectivity index (χ2n) is 9.40. The van der Waals surface area contributed by atoms with Crippen LogP contribution in [0.15, 0.2) is 0 Å². The number of rotatable bonds is 3. The van der Waals surface area contributed by atoms with Crippen molar-refractivity contribution in [3.05, 3.63) is 0 Å². The van der Waals surface area contributed by atoms with Crippen LogP contribution < -0.4 is 5.32 Å². The first-order valence-corrected chi connectivity index (χ1v) is 10.8. The second kappa shape index (κ2) is 6.35. The molecular formula is C20H32BrNO. The molecule has 0 aromatic heterocycles. The highest BCUT2D eigenvalue weighted by Gasteiger charge is 2.57. The number of alkyl halides is 1. The molecule has 0 aromatic rings. The molecule has 23 heavy (non-hydrogen) atoms. The molecule has 5 aliphatic rings. The molecule has 5 fully saturated rings. The maximum atomic E-state index is 12.8. The van der Waals surface area contributed by atoms with Crippen molar-refractivity contribution >= 4 is 21.8 Å². The normalized spacial score (nSPS) is 43.9. The van der Waals surface area contributed by atoms with Gasteiger partial charge >= 0.3 is 0 Å². The van der Waals surface area contributed by atoms with Crippen LogP contribution in [0.25, 0.3) is 0 Å². The molecular weight excluding hydrogens is 350 g/mol. The van der Waals surface area contributed by atoms with Crippen LogP contribution in [-0.4, -0.2) is 16.3 Å². The van der Waals surface area contributed by atoms with Gasteiger partial charge in [-0.15, -0.1) is 0 Å². The molecule has 1 N–H and O–H groups in total. The van der Waals surface area contributed by atoms with Gasteiger partial charge in [-0.25, -0.2) is 0 Å². The summed E-state index contributed by atoms with van der Waals surface area (Å²) < 4.78 is 0.373. The van der Waals surface area contributed by atoms with E-state index in [2.05, 4.69) is 21.2 Å². The van der Waals surface area contributed by atoms with Gasteiger partial charge in [0, 0.05) is 16.8 Å². The predicted molar refractivity (Wildman–Crippen MR) is 97.6 cm³/mol. The van der Waals surface area contributed by atoms with Crippen LogP contribution in [0, 0.1) is 17.3 Å². The Kier molecular flexibility index (Phi) is 4.53. The SMILES string of the molecule is O=C(CC12C[C@@H]3C[C@@H](CC(Br)(C3)C1)C2)NC1CCCCCCC1. The van der Waals surface area contributed by atoms with Crippen LogP contribution >= 0.6 is 15.9 Å². The average molecular weight is 382 g/mol. The molecule has 0 aromatic carbocycles. The van der Waals surface area contributed by atoms with E-state index in [4.69, 9.17) is 0 Å². The maximum Gasteiger partial charge on any atom is 0.220 e. The zero-order chi connectivity index (χ0) is 15.9. The van der Waals surface area contributed by atoms with Crippen LogP contribution in [0.4, 0.5) is 0 Å². The van der Waals surface area contributed by atoms with Crippen LogP contribution in [0.2, 0.25) is 0 Å². The average Bonchev–Trinajstić information content (AvgIpc) is 2.38. The fraction of sp³-hybridized carbons (Fsp3) is 0.950. The van der Waals surface area contributed by atoms with Gasteiger partial charge in [-0.3, -0.25) is 4.79 Å². The summed E-state index contributed by atoms with van der Waals surface area (Å²) in [6.45, 7) is 0. The van der Waals surface area contributed by atoms with Gasteiger partial charge in [-0.2, -0.15) is 0 Å². The molecule has 4 atom stereocenters. The summed E-state index contributed by atoms with van der Waals surface area (Å²) in [7, 11) is 0. The van der Waals surface area contributed by atoms with Crippen molar-refractivity contribution in [2.75, 3.05) is 0 Å². The molecule has 1 amide bonds. The molecule has 0 aliphatic heterocycles. The smallest absolute Gasteiger partial charge is 0.220 e. The summed E-state index contributed by atoms with van der Waals surface area (Å²) in [5.74, 6) is 2.11. The van der Waals surface area contributed by atoms with Gasteiger partial charge in [0.25, 0.3) is 0 Å². The Labute approximate surface area is 149 Å². The van der Waals surface area contributed by atoms with Crippen molar-refractivity contribution in [1.29, 1.82) is 0 Å². The van der Waals surface area contributed by atoms with Crippen LogP contribution in [0.1, 0.15) is 89.9 Å². The van der Waals surface area contributed by atoms with Crippen molar-refractivity contribution in [3.63, 3.8) is 0 Å². The Balaban J connectivity index is 1.36. The van der Waals surface area contributed by atoms with E-state index in [9.17, 15) is 4.79 Å². The lowest BCUT2D eigenvalue weighted by molar-refractivity contribution is -0.129. The monoisotopic (exact) mass is 381 g/mol. The lowest BCUT2D eigenvalue weighted by atomic mass is 9.48. The van der Waals surface area contributed by atoms with Crippen LogP contribution in [0.3, 0.4) is 0 Å². The van der Waals surface area contributed by atoms with Crippen molar-refractivity contribution in [2.24, 2.45) is 17.3 Å². The second-order valence-corrected chi connectivity index (χ2v) is 11.1. The molecule has 0 heterocycles. The number of nitrogens with one attached hydrogen (secondary N) is 1. The molecule has 4 bridgehead atoms. The Bertz CT molecular complexity index is 441. The molecule has 130 valence electrons. The standard InChI is InChI=1S/C20H32BrNO/c21-20-11-15-8-16(12-20)10-19(9-15,14-20)13-18(23)22-17-6-4-2-1-3-5-7-17/h15-17H,1-14H2,(H,22,23)/t15-,16+,19?,20?. The first kappa shape index (κ1) is 16.4. The molecule has 2 unspecified atom stereocenters. The Hall–Kier alpha value is -0.0500. The molecule has 0 spiro atoms. The van der Waals surface area contributed by atoms with Gasteiger partial charge < -0.3 is 5.32 Å². The summed E-state index contributed by atoms with van der Waals surface area (Å²) in [6, 6.07) is 0.453. The van der Waals surface area contributed by atoms with Gasteiger partial charge in [0.2, 0.25) is 5.91 Å². The van der Waals surface area contributed by atoms with Crippen molar-refractivity contribution < 1.29 is 4.79 Å². The Morgan fingerprint density at radius 1 is 0.957 bits per heavy atom. The zero-order valence-corrected chi connectivity index (χ0v) is 16.0. The fourth-order valence-electron chi connectivity index (χ4n) is 6.76. The number of carbonyl (C=O) groups excluding carboxylic acids is 1. The first-order chi connectivity index (χ1) is 11.0. The van der Waals surface area contributed by atoms with E-state index in [1.807, 2.05) is 0 Å². The zero-order valence-electron chi connectivity index (χ0n) is 14.4. The summed E-state index contributed by atoms with van der Waals surface area (Å²) in [5, 5.41) is 3.42. The number of halogens is 1. The molecule has 5 aliphatic carbocycles. The van der Waals surface area contributed by atoms with Gasteiger partial charge in [0.1, 0.15) is 0 Å². The van der Waals surface area contributed by atoms with Gasteiger partial charge in [0.15, 0.2) is 0 Å². The minimum absolute atomic E-state index is 0.319. The fourth-order valence-corrected chi connectivity index (χ4v) is 8.27. The maximum absolute atomic E-state index is 12.8.